The summed E-state index contributed by atoms with van der Waals surface area (Å²) in [6, 6.07) is 0. The minimum absolute atomic E-state index is 0.748. The molecule has 2 N–H and O–H groups in total. The van der Waals surface area contributed by atoms with Crippen LogP contribution in [0.25, 0.3) is 0 Å². The van der Waals surface area contributed by atoms with Crippen molar-refractivity contribution in [3.63, 3.8) is 0 Å². The SMILES string of the molecule is CC1CCN(C2=CC=C(S(O)(O)N(C)C)CC2)CC1. The Kier molecular flexibility index (Phi) is 4.61. The summed E-state index contributed by atoms with van der Waals surface area (Å²) in [7, 11) is 0.688. The van der Waals surface area contributed by atoms with Gasteiger partial charge in [0.05, 0.1) is 4.91 Å². The maximum atomic E-state index is 10.1. The van der Waals surface area contributed by atoms with E-state index in [4.69, 9.17) is 0 Å². The molecule has 0 aromatic rings. The number of rotatable bonds is 3. The zero-order valence-corrected chi connectivity index (χ0v) is 13.0. The van der Waals surface area contributed by atoms with Crippen molar-refractivity contribution in [3.8, 4) is 0 Å². The predicted octanol–water partition coefficient (Wildman–Crippen LogP) is 3.51. The summed E-state index contributed by atoms with van der Waals surface area (Å²) in [5, 5.41) is 0. The highest BCUT2D eigenvalue weighted by Gasteiger charge is 2.25. The molecule has 1 heterocycles. The molecule has 0 unspecified atom stereocenters. The fourth-order valence-electron chi connectivity index (χ4n) is 2.63. The van der Waals surface area contributed by atoms with Gasteiger partial charge < -0.3 is 4.90 Å². The first-order valence-electron chi connectivity index (χ1n) is 7.01. The highest BCUT2D eigenvalue weighted by atomic mass is 32.3. The molecule has 5 heteroatoms. The molecule has 0 aromatic carbocycles. The molecular formula is C14H26N2O2S. The molecule has 0 radical (unpaired) electrons. The molecule has 0 amide bonds. The molecule has 0 atom stereocenters. The first-order valence-corrected chi connectivity index (χ1v) is 8.52. The van der Waals surface area contributed by atoms with E-state index in [9.17, 15) is 9.11 Å². The highest BCUT2D eigenvalue weighted by molar-refractivity contribution is 8.25. The lowest BCUT2D eigenvalue weighted by molar-refractivity contribution is 0.231. The second-order valence-electron chi connectivity index (χ2n) is 5.79. The van der Waals surface area contributed by atoms with Crippen LogP contribution in [0.15, 0.2) is 22.8 Å². The fourth-order valence-corrected chi connectivity index (χ4v) is 3.72. The molecule has 19 heavy (non-hydrogen) atoms. The van der Waals surface area contributed by atoms with Gasteiger partial charge in [-0.3, -0.25) is 9.11 Å². The number of likely N-dealkylation sites (tertiary alicyclic amines) is 1. The van der Waals surface area contributed by atoms with Crippen molar-refractivity contribution in [3.05, 3.63) is 22.8 Å². The number of piperidine rings is 1. The van der Waals surface area contributed by atoms with Gasteiger partial charge in [-0.25, -0.2) is 4.31 Å². The molecule has 1 aliphatic carbocycles. The molecule has 0 aromatic heterocycles. The highest BCUT2D eigenvalue weighted by Crippen LogP contribution is 2.52. The lowest BCUT2D eigenvalue weighted by Gasteiger charge is -2.42. The predicted molar refractivity (Wildman–Crippen MR) is 81.9 cm³/mol. The van der Waals surface area contributed by atoms with Gasteiger partial charge in [-0.1, -0.05) is 6.92 Å². The number of allylic oxidation sites excluding steroid dienone is 4. The van der Waals surface area contributed by atoms with E-state index in [1.54, 1.807) is 14.1 Å². The summed E-state index contributed by atoms with van der Waals surface area (Å²) < 4.78 is 21.7. The van der Waals surface area contributed by atoms with Crippen molar-refractivity contribution < 1.29 is 9.11 Å². The normalized spacial score (nSPS) is 23.4. The van der Waals surface area contributed by atoms with E-state index in [0.29, 0.717) is 0 Å². The second kappa shape index (κ2) is 5.87. The summed E-state index contributed by atoms with van der Waals surface area (Å²) in [4.78, 5) is 3.21. The maximum Gasteiger partial charge on any atom is 0.0531 e. The summed E-state index contributed by atoms with van der Waals surface area (Å²) in [5.74, 6) is 0.840. The van der Waals surface area contributed by atoms with Gasteiger partial charge in [-0.05, 0) is 43.8 Å². The van der Waals surface area contributed by atoms with Crippen LogP contribution in [0.5, 0.6) is 0 Å². The van der Waals surface area contributed by atoms with Crippen molar-refractivity contribution in [2.75, 3.05) is 27.2 Å². The average molecular weight is 286 g/mol. The first-order chi connectivity index (χ1) is 8.91. The summed E-state index contributed by atoms with van der Waals surface area (Å²) in [6.45, 7) is 4.59. The van der Waals surface area contributed by atoms with Crippen LogP contribution in [0.1, 0.15) is 32.6 Å². The Bertz CT molecular complexity index is 383. The van der Waals surface area contributed by atoms with Crippen LogP contribution in [0.3, 0.4) is 0 Å². The van der Waals surface area contributed by atoms with Crippen LogP contribution >= 0.6 is 10.8 Å². The molecule has 1 saturated heterocycles. The van der Waals surface area contributed by atoms with Crippen LogP contribution in [-0.4, -0.2) is 45.5 Å². The van der Waals surface area contributed by atoms with Crippen molar-refractivity contribution >= 4 is 10.8 Å². The molecule has 1 aliphatic heterocycles. The maximum absolute atomic E-state index is 10.1. The van der Waals surface area contributed by atoms with E-state index < -0.39 is 10.8 Å². The van der Waals surface area contributed by atoms with E-state index in [1.165, 1.54) is 22.8 Å². The molecule has 110 valence electrons. The van der Waals surface area contributed by atoms with Gasteiger partial charge >= 0.3 is 0 Å². The second-order valence-corrected chi connectivity index (χ2v) is 8.08. The van der Waals surface area contributed by atoms with Crippen LogP contribution < -0.4 is 0 Å². The number of hydrogen-bond donors (Lipinski definition) is 2. The third kappa shape index (κ3) is 3.34. The standard InChI is InChI=1S/C14H26N2O2S/c1-12-8-10-16(11-9-12)13-4-6-14(7-5-13)19(17,18)15(2)3/h4,6,12,17-18H,5,7-11H2,1-3H3. The lowest BCUT2D eigenvalue weighted by atomic mass is 9.97. The monoisotopic (exact) mass is 286 g/mol. The Morgan fingerprint density at radius 2 is 1.79 bits per heavy atom. The van der Waals surface area contributed by atoms with Crippen LogP contribution in [0.2, 0.25) is 0 Å². The molecular weight excluding hydrogens is 260 g/mol. The summed E-state index contributed by atoms with van der Waals surface area (Å²) in [5.41, 5.74) is 1.35. The molecule has 2 aliphatic rings. The molecule has 4 nitrogen and oxygen atoms in total. The Morgan fingerprint density at radius 3 is 2.26 bits per heavy atom. The molecule has 2 rings (SSSR count). The van der Waals surface area contributed by atoms with E-state index in [0.717, 1.165) is 36.8 Å². The zero-order valence-electron chi connectivity index (χ0n) is 12.2. The van der Waals surface area contributed by atoms with Gasteiger partial charge in [0.15, 0.2) is 0 Å². The Labute approximate surface area is 118 Å². The quantitative estimate of drug-likeness (QED) is 0.833. The third-order valence-electron chi connectivity index (χ3n) is 4.14. The van der Waals surface area contributed by atoms with E-state index in [2.05, 4.69) is 17.9 Å². The van der Waals surface area contributed by atoms with Gasteiger partial charge in [0.25, 0.3) is 0 Å². The first kappa shape index (κ1) is 14.9. The minimum atomic E-state index is -2.73. The van der Waals surface area contributed by atoms with Gasteiger partial charge in [-0.2, -0.15) is 0 Å². The smallest absolute Gasteiger partial charge is 0.0531 e. The molecule has 0 bridgehead atoms. The van der Waals surface area contributed by atoms with E-state index >= 15 is 0 Å². The fraction of sp³-hybridized carbons (Fsp3) is 0.714. The Hall–Kier alpha value is -0.490. The Morgan fingerprint density at radius 1 is 1.16 bits per heavy atom. The van der Waals surface area contributed by atoms with Crippen LogP contribution in [-0.2, 0) is 0 Å². The van der Waals surface area contributed by atoms with Crippen molar-refractivity contribution in [2.45, 2.75) is 32.6 Å². The van der Waals surface area contributed by atoms with Crippen molar-refractivity contribution in [1.29, 1.82) is 0 Å². The number of nitrogens with zero attached hydrogens (tertiary/aromatic N) is 2. The minimum Gasteiger partial charge on any atom is -0.375 e. The van der Waals surface area contributed by atoms with Gasteiger partial charge in [0.1, 0.15) is 0 Å². The summed E-state index contributed by atoms with van der Waals surface area (Å²) in [6.07, 6.45) is 8.18. The van der Waals surface area contributed by atoms with Crippen LogP contribution in [0.4, 0.5) is 0 Å². The van der Waals surface area contributed by atoms with Crippen molar-refractivity contribution in [2.24, 2.45) is 5.92 Å². The zero-order chi connectivity index (χ0) is 14.0. The largest absolute Gasteiger partial charge is 0.375 e. The summed E-state index contributed by atoms with van der Waals surface area (Å²) >= 11 is 0. The van der Waals surface area contributed by atoms with E-state index in [-0.39, 0.29) is 0 Å². The van der Waals surface area contributed by atoms with Crippen molar-refractivity contribution in [1.82, 2.24) is 9.21 Å². The van der Waals surface area contributed by atoms with Crippen LogP contribution in [0, 0.1) is 5.92 Å². The Balaban J connectivity index is 2.04. The molecule has 0 saturated carbocycles. The van der Waals surface area contributed by atoms with Gasteiger partial charge in [-0.15, -0.1) is 10.8 Å². The van der Waals surface area contributed by atoms with E-state index in [1.807, 2.05) is 6.08 Å². The average Bonchev–Trinajstić information content (AvgIpc) is 2.39. The van der Waals surface area contributed by atoms with Gasteiger partial charge in [0.2, 0.25) is 0 Å². The lowest BCUT2D eigenvalue weighted by Crippen LogP contribution is -2.33. The topological polar surface area (TPSA) is 46.9 Å². The number of hydrogen-bond acceptors (Lipinski definition) is 4. The van der Waals surface area contributed by atoms with Gasteiger partial charge in [0, 0.05) is 32.9 Å². The third-order valence-corrected chi connectivity index (χ3v) is 6.20. The molecule has 0 spiro atoms. The molecule has 1 fully saturated rings.